The third-order valence-electron chi connectivity index (χ3n) is 2.65. The van der Waals surface area contributed by atoms with Crippen LogP contribution in [-0.2, 0) is 14.8 Å². The number of hydrogen-bond acceptors (Lipinski definition) is 7. The van der Waals surface area contributed by atoms with Gasteiger partial charge in [0.15, 0.2) is 5.82 Å². The van der Waals surface area contributed by atoms with E-state index >= 15 is 0 Å². The minimum atomic E-state index is -3.83. The molecule has 2 rings (SSSR count). The standard InChI is InChI=1S/C11H13N5O4S/c1-7(10-12-15-16-13-10)14-21(18,19)9-5-3-4-8(6-9)11(17)20-2/h3-7,14H,1-2H3,(H,12,13,15,16). The molecule has 0 aliphatic heterocycles. The van der Waals surface area contributed by atoms with Crippen molar-refractivity contribution in [1.82, 2.24) is 25.3 Å². The zero-order valence-corrected chi connectivity index (χ0v) is 12.1. The first-order chi connectivity index (χ1) is 9.94. The maximum atomic E-state index is 12.3. The Morgan fingerprint density at radius 1 is 1.43 bits per heavy atom. The van der Waals surface area contributed by atoms with Crippen molar-refractivity contribution in [2.24, 2.45) is 0 Å². The Morgan fingerprint density at radius 3 is 2.81 bits per heavy atom. The fraction of sp³-hybridized carbons (Fsp3) is 0.273. The molecule has 1 atom stereocenters. The highest BCUT2D eigenvalue weighted by Crippen LogP contribution is 2.15. The Labute approximate surface area is 120 Å². The summed E-state index contributed by atoms with van der Waals surface area (Å²) in [5.41, 5.74) is 0.146. The van der Waals surface area contributed by atoms with Crippen LogP contribution >= 0.6 is 0 Å². The van der Waals surface area contributed by atoms with E-state index in [1.54, 1.807) is 6.92 Å². The molecule has 0 spiro atoms. The van der Waals surface area contributed by atoms with Crippen molar-refractivity contribution < 1.29 is 17.9 Å². The van der Waals surface area contributed by atoms with E-state index in [1.165, 1.54) is 31.4 Å². The molecule has 112 valence electrons. The molecule has 10 heteroatoms. The van der Waals surface area contributed by atoms with Crippen molar-refractivity contribution in [1.29, 1.82) is 0 Å². The number of nitrogens with zero attached hydrogens (tertiary/aromatic N) is 3. The number of rotatable bonds is 5. The first kappa shape index (κ1) is 15.1. The van der Waals surface area contributed by atoms with Crippen LogP contribution in [0.15, 0.2) is 29.2 Å². The van der Waals surface area contributed by atoms with Gasteiger partial charge >= 0.3 is 5.97 Å². The van der Waals surface area contributed by atoms with Crippen LogP contribution in [0.5, 0.6) is 0 Å². The summed E-state index contributed by atoms with van der Waals surface area (Å²) < 4.78 is 31.5. The highest BCUT2D eigenvalue weighted by molar-refractivity contribution is 7.89. The number of esters is 1. The number of hydrogen-bond donors (Lipinski definition) is 2. The van der Waals surface area contributed by atoms with Crippen LogP contribution in [0.25, 0.3) is 0 Å². The van der Waals surface area contributed by atoms with Crippen LogP contribution in [0.2, 0.25) is 0 Å². The molecule has 1 aromatic heterocycles. The number of tetrazole rings is 1. The molecule has 9 nitrogen and oxygen atoms in total. The maximum absolute atomic E-state index is 12.3. The molecule has 0 aliphatic carbocycles. The van der Waals surface area contributed by atoms with Gasteiger partial charge in [-0.3, -0.25) is 0 Å². The molecule has 2 N–H and O–H groups in total. The van der Waals surface area contributed by atoms with Crippen LogP contribution < -0.4 is 4.72 Å². The number of carbonyl (C=O) groups excluding carboxylic acids is 1. The van der Waals surface area contributed by atoms with Gasteiger partial charge in [0.1, 0.15) is 0 Å². The second-order valence-corrected chi connectivity index (χ2v) is 5.85. The number of aromatic nitrogens is 4. The van der Waals surface area contributed by atoms with E-state index in [-0.39, 0.29) is 16.3 Å². The van der Waals surface area contributed by atoms with Gasteiger partial charge in [-0.25, -0.2) is 17.9 Å². The molecule has 1 aromatic carbocycles. The Kier molecular flexibility index (Phi) is 4.29. The normalized spacial score (nSPS) is 12.9. The molecular weight excluding hydrogens is 298 g/mol. The van der Waals surface area contributed by atoms with Crippen LogP contribution in [-0.4, -0.2) is 42.1 Å². The number of nitrogens with one attached hydrogen (secondary N) is 2. The molecule has 0 bridgehead atoms. The van der Waals surface area contributed by atoms with E-state index in [0.717, 1.165) is 0 Å². The summed E-state index contributed by atoms with van der Waals surface area (Å²) in [6.07, 6.45) is 0. The van der Waals surface area contributed by atoms with Crippen LogP contribution in [0, 0.1) is 0 Å². The van der Waals surface area contributed by atoms with Gasteiger partial charge in [-0.1, -0.05) is 11.3 Å². The highest BCUT2D eigenvalue weighted by atomic mass is 32.2. The number of H-pyrrole nitrogens is 1. The van der Waals surface area contributed by atoms with Gasteiger partial charge in [0, 0.05) is 0 Å². The maximum Gasteiger partial charge on any atom is 0.337 e. The Balaban J connectivity index is 2.25. The Bertz CT molecular complexity index is 729. The SMILES string of the molecule is COC(=O)c1cccc(S(=O)(=O)NC(C)c2nn[nH]n2)c1. The van der Waals surface area contributed by atoms with Crippen LogP contribution in [0.1, 0.15) is 29.1 Å². The number of carbonyl (C=O) groups is 1. The Hall–Kier alpha value is -2.33. The Morgan fingerprint density at radius 2 is 2.19 bits per heavy atom. The number of sulfonamides is 1. The fourth-order valence-corrected chi connectivity index (χ4v) is 2.86. The molecule has 0 saturated carbocycles. The summed E-state index contributed by atoms with van der Waals surface area (Å²) >= 11 is 0. The van der Waals surface area contributed by atoms with Crippen molar-refractivity contribution in [3.8, 4) is 0 Å². The predicted molar refractivity (Wildman–Crippen MR) is 70.7 cm³/mol. The largest absolute Gasteiger partial charge is 0.465 e. The first-order valence-electron chi connectivity index (χ1n) is 5.88. The number of aromatic amines is 1. The molecule has 0 saturated heterocycles. The van der Waals surface area contributed by atoms with Crippen molar-refractivity contribution in [3.63, 3.8) is 0 Å². The van der Waals surface area contributed by atoms with E-state index in [4.69, 9.17) is 0 Å². The molecule has 2 aromatic rings. The molecule has 0 fully saturated rings. The summed E-state index contributed by atoms with van der Waals surface area (Å²) in [5, 5.41) is 13.0. The lowest BCUT2D eigenvalue weighted by atomic mass is 10.2. The van der Waals surface area contributed by atoms with E-state index < -0.39 is 22.0 Å². The first-order valence-corrected chi connectivity index (χ1v) is 7.36. The monoisotopic (exact) mass is 311 g/mol. The summed E-state index contributed by atoms with van der Waals surface area (Å²) in [5.74, 6) is -0.402. The van der Waals surface area contributed by atoms with Crippen molar-refractivity contribution in [2.45, 2.75) is 17.9 Å². The van der Waals surface area contributed by atoms with Gasteiger partial charge in [0.25, 0.3) is 0 Å². The van der Waals surface area contributed by atoms with Crippen molar-refractivity contribution in [2.75, 3.05) is 7.11 Å². The van der Waals surface area contributed by atoms with Crippen molar-refractivity contribution >= 4 is 16.0 Å². The summed E-state index contributed by atoms with van der Waals surface area (Å²) in [6.45, 7) is 1.58. The molecule has 0 radical (unpaired) electrons. The smallest absolute Gasteiger partial charge is 0.337 e. The second-order valence-electron chi connectivity index (χ2n) is 4.13. The van der Waals surface area contributed by atoms with Gasteiger partial charge in [0.05, 0.1) is 23.6 Å². The van der Waals surface area contributed by atoms with Gasteiger partial charge < -0.3 is 4.74 Å². The molecule has 1 heterocycles. The number of benzene rings is 1. The average Bonchev–Trinajstić information content (AvgIpc) is 3.00. The van der Waals surface area contributed by atoms with Crippen LogP contribution in [0.3, 0.4) is 0 Å². The topological polar surface area (TPSA) is 127 Å². The van der Waals surface area contributed by atoms with E-state index in [2.05, 4.69) is 30.1 Å². The quantitative estimate of drug-likeness (QED) is 0.745. The minimum absolute atomic E-state index is 0.0549. The van der Waals surface area contributed by atoms with Gasteiger partial charge in [0.2, 0.25) is 10.0 Å². The second kappa shape index (κ2) is 5.97. The van der Waals surface area contributed by atoms with Gasteiger partial charge in [-0.05, 0) is 25.1 Å². The molecule has 1 unspecified atom stereocenters. The lowest BCUT2D eigenvalue weighted by Gasteiger charge is -2.11. The van der Waals surface area contributed by atoms with E-state index in [9.17, 15) is 13.2 Å². The lowest BCUT2D eigenvalue weighted by Crippen LogP contribution is -2.27. The zero-order chi connectivity index (χ0) is 15.5. The minimum Gasteiger partial charge on any atom is -0.465 e. The molecule has 0 amide bonds. The third-order valence-corrected chi connectivity index (χ3v) is 4.18. The zero-order valence-electron chi connectivity index (χ0n) is 11.3. The summed E-state index contributed by atoms with van der Waals surface area (Å²) in [4.78, 5) is 11.4. The number of methoxy groups -OCH3 is 1. The highest BCUT2D eigenvalue weighted by Gasteiger charge is 2.21. The van der Waals surface area contributed by atoms with Crippen molar-refractivity contribution in [3.05, 3.63) is 35.7 Å². The third kappa shape index (κ3) is 3.41. The predicted octanol–water partition coefficient (Wildman–Crippen LogP) is 0.0258. The molecule has 0 aliphatic rings. The fourth-order valence-electron chi connectivity index (χ4n) is 1.61. The molecule has 21 heavy (non-hydrogen) atoms. The van der Waals surface area contributed by atoms with Gasteiger partial charge in [-0.15, -0.1) is 10.2 Å². The molecular formula is C11H13N5O4S. The number of ether oxygens (including phenoxy) is 1. The van der Waals surface area contributed by atoms with Crippen LogP contribution in [0.4, 0.5) is 0 Å². The summed E-state index contributed by atoms with van der Waals surface area (Å²) in [7, 11) is -2.61. The summed E-state index contributed by atoms with van der Waals surface area (Å²) in [6, 6.07) is 4.86. The van der Waals surface area contributed by atoms with E-state index in [1.807, 2.05) is 0 Å². The van der Waals surface area contributed by atoms with Gasteiger partial charge in [-0.2, -0.15) is 5.21 Å². The average molecular weight is 311 g/mol. The lowest BCUT2D eigenvalue weighted by molar-refractivity contribution is 0.0600. The van der Waals surface area contributed by atoms with E-state index in [0.29, 0.717) is 0 Å².